The molecule has 1 spiro atoms. The number of piperidine rings is 1. The third-order valence-corrected chi connectivity index (χ3v) is 8.64. The summed E-state index contributed by atoms with van der Waals surface area (Å²) in [6.45, 7) is 0.413. The van der Waals surface area contributed by atoms with E-state index in [4.69, 9.17) is 14.2 Å². The molecule has 0 radical (unpaired) electrons. The third kappa shape index (κ3) is 2.64. The molecule has 9 nitrogen and oxygen atoms in total. The summed E-state index contributed by atoms with van der Waals surface area (Å²) in [5.74, 6) is 1.35. The zero-order valence-electron chi connectivity index (χ0n) is 18.0. The van der Waals surface area contributed by atoms with E-state index in [0.717, 1.165) is 31.4 Å². The predicted molar refractivity (Wildman–Crippen MR) is 110 cm³/mol. The Kier molecular flexibility index (Phi) is 4.79. The van der Waals surface area contributed by atoms with Gasteiger partial charge < -0.3 is 44.6 Å². The first-order valence-corrected chi connectivity index (χ1v) is 11.5. The van der Waals surface area contributed by atoms with Gasteiger partial charge in [0.1, 0.15) is 30.5 Å². The van der Waals surface area contributed by atoms with Crippen LogP contribution in [0.2, 0.25) is 0 Å². The van der Waals surface area contributed by atoms with E-state index in [1.54, 1.807) is 6.07 Å². The maximum atomic E-state index is 10.9. The SMILES string of the molecule is CN1CC[C@]23c4c5ccc(OC6O[C@H](CO)[C@@H](O)[C@H](O)[C@H]6O)c4O[C@H]2[C@H](O)CCC3[C@H]1C5. The number of hydrogen-bond acceptors (Lipinski definition) is 9. The summed E-state index contributed by atoms with van der Waals surface area (Å²) < 4.78 is 18.0. The zero-order valence-corrected chi connectivity index (χ0v) is 18.0. The van der Waals surface area contributed by atoms with Crippen LogP contribution in [-0.2, 0) is 16.6 Å². The van der Waals surface area contributed by atoms with Crippen LogP contribution in [0.5, 0.6) is 11.5 Å². The van der Waals surface area contributed by atoms with Crippen molar-refractivity contribution in [1.82, 2.24) is 4.90 Å². The fourth-order valence-corrected chi connectivity index (χ4v) is 7.08. The lowest BCUT2D eigenvalue weighted by Gasteiger charge is -2.58. The van der Waals surface area contributed by atoms with Crippen LogP contribution in [0, 0.1) is 5.92 Å². The molecule has 1 saturated carbocycles. The topological polar surface area (TPSA) is 132 Å². The Balaban J connectivity index is 1.40. The van der Waals surface area contributed by atoms with Gasteiger partial charge >= 0.3 is 0 Å². The molecule has 2 bridgehead atoms. The van der Waals surface area contributed by atoms with Crippen LogP contribution >= 0.6 is 0 Å². The highest BCUT2D eigenvalue weighted by Crippen LogP contribution is 2.63. The van der Waals surface area contributed by atoms with E-state index in [2.05, 4.69) is 11.9 Å². The molecule has 2 saturated heterocycles. The summed E-state index contributed by atoms with van der Waals surface area (Å²) >= 11 is 0. The van der Waals surface area contributed by atoms with Crippen molar-refractivity contribution in [2.75, 3.05) is 20.2 Å². The summed E-state index contributed by atoms with van der Waals surface area (Å²) in [6.07, 6.45) is -4.22. The largest absolute Gasteiger partial charge is 0.483 e. The monoisotopic (exact) mass is 449 g/mol. The molecule has 5 N–H and O–H groups in total. The second-order valence-corrected chi connectivity index (χ2v) is 10.1. The van der Waals surface area contributed by atoms with Crippen LogP contribution in [0.1, 0.15) is 30.4 Å². The Morgan fingerprint density at radius 3 is 2.72 bits per heavy atom. The maximum absolute atomic E-state index is 10.9. The van der Waals surface area contributed by atoms with E-state index in [0.29, 0.717) is 29.9 Å². The summed E-state index contributed by atoms with van der Waals surface area (Å²) in [7, 11) is 2.18. The fraction of sp³-hybridized carbons (Fsp3) is 0.739. The summed E-state index contributed by atoms with van der Waals surface area (Å²) in [5.41, 5.74) is 2.05. The highest BCUT2D eigenvalue weighted by Gasteiger charge is 2.65. The van der Waals surface area contributed by atoms with Gasteiger partial charge in [-0.15, -0.1) is 0 Å². The first kappa shape index (κ1) is 21.1. The Hall–Kier alpha value is -1.46. The van der Waals surface area contributed by atoms with E-state index in [1.165, 1.54) is 5.56 Å². The van der Waals surface area contributed by atoms with E-state index < -0.39 is 43.4 Å². The van der Waals surface area contributed by atoms with Gasteiger partial charge in [-0.05, 0) is 56.8 Å². The molecule has 5 aliphatic rings. The normalized spacial score (nSPS) is 47.0. The van der Waals surface area contributed by atoms with Gasteiger partial charge in [-0.1, -0.05) is 6.07 Å². The first-order valence-electron chi connectivity index (χ1n) is 11.5. The number of ether oxygens (including phenoxy) is 3. The van der Waals surface area contributed by atoms with Crippen LogP contribution < -0.4 is 9.47 Å². The van der Waals surface area contributed by atoms with E-state index >= 15 is 0 Å². The van der Waals surface area contributed by atoms with Gasteiger partial charge in [0.15, 0.2) is 11.5 Å². The molecule has 6 rings (SSSR count). The van der Waals surface area contributed by atoms with Crippen LogP contribution in [-0.4, -0.2) is 99.6 Å². The Morgan fingerprint density at radius 1 is 1.12 bits per heavy atom. The number of likely N-dealkylation sites (N-methyl/N-ethyl adjacent to an activating group) is 1. The quantitative estimate of drug-likeness (QED) is 0.390. The maximum Gasteiger partial charge on any atom is 0.229 e. The van der Waals surface area contributed by atoms with E-state index in [1.807, 2.05) is 6.07 Å². The first-order chi connectivity index (χ1) is 15.4. The minimum atomic E-state index is -1.51. The molecule has 0 amide bonds. The number of aliphatic hydroxyl groups is 5. The van der Waals surface area contributed by atoms with Crippen LogP contribution in [0.15, 0.2) is 12.1 Å². The van der Waals surface area contributed by atoms with Gasteiger partial charge in [-0.2, -0.15) is 0 Å². The lowest BCUT2D eigenvalue weighted by Crippen LogP contribution is -2.66. The van der Waals surface area contributed by atoms with Crippen molar-refractivity contribution in [3.8, 4) is 11.5 Å². The van der Waals surface area contributed by atoms with Crippen molar-refractivity contribution >= 4 is 0 Å². The minimum Gasteiger partial charge on any atom is -0.483 e. The zero-order chi connectivity index (χ0) is 22.4. The fourth-order valence-electron chi connectivity index (χ4n) is 7.08. The van der Waals surface area contributed by atoms with E-state index in [-0.39, 0.29) is 11.5 Å². The molecule has 1 aromatic carbocycles. The van der Waals surface area contributed by atoms with Crippen molar-refractivity contribution in [3.63, 3.8) is 0 Å². The smallest absolute Gasteiger partial charge is 0.229 e. The van der Waals surface area contributed by atoms with Crippen molar-refractivity contribution < 1.29 is 39.7 Å². The molecule has 1 aromatic rings. The number of aliphatic hydroxyl groups excluding tert-OH is 5. The Bertz CT molecular complexity index is 910. The molecule has 2 aliphatic carbocycles. The molecule has 9 heteroatoms. The van der Waals surface area contributed by atoms with Crippen molar-refractivity contribution in [2.45, 2.75) is 80.1 Å². The predicted octanol–water partition coefficient (Wildman–Crippen LogP) is -1.10. The minimum absolute atomic E-state index is 0.257. The highest BCUT2D eigenvalue weighted by atomic mass is 16.7. The summed E-state index contributed by atoms with van der Waals surface area (Å²) in [6, 6.07) is 4.22. The standard InChI is InChI=1S/C23H31NO8/c1-24-7-6-23-11-3-4-13(26)21(23)32-20-14(5-2-10(16(20)23)8-12(11)24)30-22-19(29)18(28)17(27)15(9-25)31-22/h2,5,11-13,15,17-19,21-22,25-29H,3-4,6-9H2,1H3/t11?,12-,13-,15-,17-,18+,19-,21+,22?,23+/m1/s1. The number of likely N-dealkylation sites (tertiary alicyclic amines) is 1. The second kappa shape index (κ2) is 7.27. The van der Waals surface area contributed by atoms with Crippen LogP contribution in [0.25, 0.3) is 0 Å². The molecule has 3 heterocycles. The molecule has 3 fully saturated rings. The van der Waals surface area contributed by atoms with Gasteiger partial charge in [0.25, 0.3) is 0 Å². The molecule has 2 unspecified atom stereocenters. The van der Waals surface area contributed by atoms with Crippen LogP contribution in [0.4, 0.5) is 0 Å². The lowest BCUT2D eigenvalue weighted by atomic mass is 9.51. The molecular formula is C23H31NO8. The summed E-state index contributed by atoms with van der Waals surface area (Å²) in [4.78, 5) is 2.43. The van der Waals surface area contributed by atoms with Gasteiger partial charge in [0.05, 0.1) is 12.7 Å². The molecule has 3 aliphatic heterocycles. The van der Waals surface area contributed by atoms with Gasteiger partial charge in [0, 0.05) is 17.0 Å². The average Bonchev–Trinajstić information content (AvgIpc) is 3.14. The Morgan fingerprint density at radius 2 is 1.94 bits per heavy atom. The van der Waals surface area contributed by atoms with Crippen molar-refractivity contribution in [2.24, 2.45) is 5.92 Å². The molecular weight excluding hydrogens is 418 g/mol. The van der Waals surface area contributed by atoms with Gasteiger partial charge in [-0.3, -0.25) is 0 Å². The van der Waals surface area contributed by atoms with Crippen molar-refractivity contribution in [1.29, 1.82) is 0 Å². The second-order valence-electron chi connectivity index (χ2n) is 10.1. The number of benzene rings is 1. The van der Waals surface area contributed by atoms with E-state index in [9.17, 15) is 25.5 Å². The molecule has 32 heavy (non-hydrogen) atoms. The van der Waals surface area contributed by atoms with Gasteiger partial charge in [0.2, 0.25) is 6.29 Å². The number of hydrogen-bond donors (Lipinski definition) is 5. The third-order valence-electron chi connectivity index (χ3n) is 8.64. The van der Waals surface area contributed by atoms with Crippen LogP contribution in [0.3, 0.4) is 0 Å². The molecule has 176 valence electrons. The van der Waals surface area contributed by atoms with Crippen molar-refractivity contribution in [3.05, 3.63) is 23.3 Å². The molecule has 10 atom stereocenters. The number of rotatable bonds is 3. The summed E-state index contributed by atoms with van der Waals surface area (Å²) in [5, 5.41) is 51.0. The lowest BCUT2D eigenvalue weighted by molar-refractivity contribution is -0.277. The average molecular weight is 450 g/mol. The number of nitrogens with zero attached hydrogens (tertiary/aromatic N) is 1. The molecule has 0 aromatic heterocycles. The Labute approximate surface area is 186 Å². The highest BCUT2D eigenvalue weighted by molar-refractivity contribution is 5.61. The van der Waals surface area contributed by atoms with Gasteiger partial charge in [-0.25, -0.2) is 0 Å².